The zero-order chi connectivity index (χ0) is 7.94. The molecule has 2 unspecified atom stereocenters. The average Bonchev–Trinajstić information content (AvgIpc) is 1.82. The summed E-state index contributed by atoms with van der Waals surface area (Å²) in [5, 5.41) is 0. The Balaban J connectivity index is 2.55. The van der Waals surface area contributed by atoms with Gasteiger partial charge in [0.15, 0.2) is 0 Å². The molecule has 0 aromatic rings. The molecule has 0 aliphatic heterocycles. The molecule has 2 nitrogen and oxygen atoms in total. The van der Waals surface area contributed by atoms with Crippen molar-refractivity contribution in [1.82, 2.24) is 0 Å². The number of primary amides is 1. The summed E-state index contributed by atoms with van der Waals surface area (Å²) in [6.07, 6.45) is 0.962. The van der Waals surface area contributed by atoms with Crippen molar-refractivity contribution in [2.75, 3.05) is 0 Å². The average molecular weight is 141 g/mol. The van der Waals surface area contributed by atoms with Gasteiger partial charge in [-0.3, -0.25) is 4.79 Å². The van der Waals surface area contributed by atoms with Crippen molar-refractivity contribution in [3.05, 3.63) is 0 Å². The zero-order valence-electron chi connectivity index (χ0n) is 6.85. The van der Waals surface area contributed by atoms with Gasteiger partial charge in [0.1, 0.15) is 0 Å². The minimum atomic E-state index is -0.133. The smallest absolute Gasteiger partial charge is 0.220 e. The van der Waals surface area contributed by atoms with Gasteiger partial charge in [0.2, 0.25) is 5.91 Å². The van der Waals surface area contributed by atoms with E-state index in [-0.39, 0.29) is 11.8 Å². The first kappa shape index (κ1) is 7.58. The number of rotatable bonds is 1. The van der Waals surface area contributed by atoms with E-state index >= 15 is 0 Å². The number of hydrogen-bond acceptors (Lipinski definition) is 1. The topological polar surface area (TPSA) is 43.1 Å². The largest absolute Gasteiger partial charge is 0.369 e. The van der Waals surface area contributed by atoms with E-state index in [1.54, 1.807) is 0 Å². The third-order valence-corrected chi connectivity index (χ3v) is 2.95. The van der Waals surface area contributed by atoms with Crippen LogP contribution >= 0.6 is 0 Å². The van der Waals surface area contributed by atoms with Gasteiger partial charge in [-0.2, -0.15) is 0 Å². The van der Waals surface area contributed by atoms with Gasteiger partial charge in [0.25, 0.3) is 0 Å². The van der Waals surface area contributed by atoms with Gasteiger partial charge in [-0.05, 0) is 17.8 Å². The van der Waals surface area contributed by atoms with Crippen LogP contribution in [0.4, 0.5) is 0 Å². The summed E-state index contributed by atoms with van der Waals surface area (Å²) in [7, 11) is 0. The molecule has 10 heavy (non-hydrogen) atoms. The van der Waals surface area contributed by atoms with E-state index in [2.05, 4.69) is 20.8 Å². The predicted molar refractivity (Wildman–Crippen MR) is 40.2 cm³/mol. The molecular weight excluding hydrogens is 126 g/mol. The van der Waals surface area contributed by atoms with Crippen LogP contribution in [0.3, 0.4) is 0 Å². The fourth-order valence-electron chi connectivity index (χ4n) is 1.66. The van der Waals surface area contributed by atoms with Crippen molar-refractivity contribution in [1.29, 1.82) is 0 Å². The highest BCUT2D eigenvalue weighted by Crippen LogP contribution is 2.49. The molecule has 0 heterocycles. The first-order valence-corrected chi connectivity index (χ1v) is 3.74. The number of hydrogen-bond donors (Lipinski definition) is 1. The summed E-state index contributed by atoms with van der Waals surface area (Å²) in [5.74, 6) is 0.465. The van der Waals surface area contributed by atoms with Crippen LogP contribution in [-0.2, 0) is 4.79 Å². The molecule has 1 aliphatic rings. The summed E-state index contributed by atoms with van der Waals surface area (Å²) in [5.41, 5.74) is 5.50. The Morgan fingerprint density at radius 2 is 2.10 bits per heavy atom. The van der Waals surface area contributed by atoms with Crippen LogP contribution in [0.2, 0.25) is 0 Å². The standard InChI is InChI=1S/C8H15NO/c1-5-6(7(9)10)4-8(5,2)3/h5-6H,4H2,1-3H3,(H2,9,10). The van der Waals surface area contributed by atoms with E-state index in [1.165, 1.54) is 0 Å². The van der Waals surface area contributed by atoms with Gasteiger partial charge in [0, 0.05) is 5.92 Å². The van der Waals surface area contributed by atoms with Crippen molar-refractivity contribution in [2.24, 2.45) is 23.0 Å². The summed E-state index contributed by atoms with van der Waals surface area (Å²) in [6, 6.07) is 0. The van der Waals surface area contributed by atoms with Gasteiger partial charge in [-0.15, -0.1) is 0 Å². The van der Waals surface area contributed by atoms with E-state index in [0.29, 0.717) is 11.3 Å². The maximum Gasteiger partial charge on any atom is 0.220 e. The third kappa shape index (κ3) is 0.917. The lowest BCUT2D eigenvalue weighted by Crippen LogP contribution is -2.48. The molecule has 0 saturated heterocycles. The second-order valence-corrected chi connectivity index (χ2v) is 3.99. The molecule has 1 saturated carbocycles. The number of nitrogens with two attached hydrogens (primary N) is 1. The van der Waals surface area contributed by atoms with E-state index in [1.807, 2.05) is 0 Å². The van der Waals surface area contributed by atoms with Crippen LogP contribution in [0.1, 0.15) is 27.2 Å². The normalized spacial score (nSPS) is 36.7. The van der Waals surface area contributed by atoms with Crippen molar-refractivity contribution >= 4 is 5.91 Å². The molecule has 1 amide bonds. The third-order valence-electron chi connectivity index (χ3n) is 2.95. The van der Waals surface area contributed by atoms with Crippen LogP contribution in [-0.4, -0.2) is 5.91 Å². The van der Waals surface area contributed by atoms with Crippen molar-refractivity contribution in [3.63, 3.8) is 0 Å². The quantitative estimate of drug-likeness (QED) is 0.585. The van der Waals surface area contributed by atoms with E-state index < -0.39 is 0 Å². The minimum Gasteiger partial charge on any atom is -0.369 e. The highest BCUT2D eigenvalue weighted by molar-refractivity contribution is 5.78. The van der Waals surface area contributed by atoms with E-state index in [9.17, 15) is 4.79 Å². The van der Waals surface area contributed by atoms with Crippen molar-refractivity contribution in [2.45, 2.75) is 27.2 Å². The molecule has 0 spiro atoms. The van der Waals surface area contributed by atoms with Gasteiger partial charge in [-0.25, -0.2) is 0 Å². The Morgan fingerprint density at radius 3 is 2.20 bits per heavy atom. The van der Waals surface area contributed by atoms with Crippen molar-refractivity contribution in [3.8, 4) is 0 Å². The van der Waals surface area contributed by atoms with Crippen LogP contribution in [0.25, 0.3) is 0 Å². The van der Waals surface area contributed by atoms with E-state index in [4.69, 9.17) is 5.73 Å². The Morgan fingerprint density at radius 1 is 1.60 bits per heavy atom. The SMILES string of the molecule is CC1C(C(N)=O)CC1(C)C. The lowest BCUT2D eigenvalue weighted by molar-refractivity contribution is -0.134. The lowest BCUT2D eigenvalue weighted by atomic mass is 9.56. The Labute approximate surface area is 61.8 Å². The van der Waals surface area contributed by atoms with Gasteiger partial charge < -0.3 is 5.73 Å². The molecule has 0 radical (unpaired) electrons. The molecule has 1 fully saturated rings. The molecule has 0 aromatic carbocycles. The lowest BCUT2D eigenvalue weighted by Gasteiger charge is -2.48. The maximum absolute atomic E-state index is 10.7. The maximum atomic E-state index is 10.7. The second kappa shape index (κ2) is 1.97. The second-order valence-electron chi connectivity index (χ2n) is 3.99. The molecule has 0 bridgehead atoms. The number of carbonyl (C=O) groups excluding carboxylic acids is 1. The molecule has 2 N–H and O–H groups in total. The Bertz CT molecular complexity index is 163. The Hall–Kier alpha value is -0.530. The van der Waals surface area contributed by atoms with Crippen LogP contribution in [0, 0.1) is 17.3 Å². The summed E-state index contributed by atoms with van der Waals surface area (Å²) in [6.45, 7) is 6.45. The Kier molecular flexibility index (Phi) is 1.50. The highest BCUT2D eigenvalue weighted by Gasteiger charge is 2.46. The number of carbonyl (C=O) groups is 1. The van der Waals surface area contributed by atoms with Gasteiger partial charge in [-0.1, -0.05) is 20.8 Å². The van der Waals surface area contributed by atoms with E-state index in [0.717, 1.165) is 6.42 Å². The van der Waals surface area contributed by atoms with Crippen molar-refractivity contribution < 1.29 is 4.79 Å². The molecule has 2 atom stereocenters. The fourth-order valence-corrected chi connectivity index (χ4v) is 1.66. The monoisotopic (exact) mass is 141 g/mol. The molecule has 1 rings (SSSR count). The number of amides is 1. The van der Waals surface area contributed by atoms with Gasteiger partial charge in [0.05, 0.1) is 0 Å². The van der Waals surface area contributed by atoms with Crippen LogP contribution in [0.15, 0.2) is 0 Å². The first-order chi connectivity index (χ1) is 4.45. The summed E-state index contributed by atoms with van der Waals surface area (Å²) >= 11 is 0. The predicted octanol–water partition coefficient (Wildman–Crippen LogP) is 1.15. The molecular formula is C8H15NO. The van der Waals surface area contributed by atoms with Crippen LogP contribution in [0.5, 0.6) is 0 Å². The molecule has 0 aromatic heterocycles. The van der Waals surface area contributed by atoms with Gasteiger partial charge >= 0.3 is 0 Å². The van der Waals surface area contributed by atoms with Crippen LogP contribution < -0.4 is 5.73 Å². The summed E-state index contributed by atoms with van der Waals surface area (Å²) < 4.78 is 0. The minimum absolute atomic E-state index is 0.133. The molecule has 2 heteroatoms. The fraction of sp³-hybridized carbons (Fsp3) is 0.875. The summed E-state index contributed by atoms with van der Waals surface area (Å²) in [4.78, 5) is 10.7. The molecule has 1 aliphatic carbocycles. The zero-order valence-corrected chi connectivity index (χ0v) is 6.85. The first-order valence-electron chi connectivity index (χ1n) is 3.74. The molecule has 58 valence electrons. The highest BCUT2D eigenvalue weighted by atomic mass is 16.1.